The van der Waals surface area contributed by atoms with Crippen LogP contribution in [0.4, 0.5) is 0 Å². The first-order valence-electron chi connectivity index (χ1n) is 33.3. The quantitative estimate of drug-likeness (QED) is 0.139. The number of fused-ring (bicyclic) bond motifs is 18. The minimum absolute atomic E-state index is 0.535. The van der Waals surface area contributed by atoms with Crippen LogP contribution in [0.5, 0.6) is 0 Å². The number of nitrogens with zero attached hydrogens (tertiary/aromatic N) is 9. The number of para-hydroxylation sites is 2. The highest BCUT2D eigenvalue weighted by molar-refractivity contribution is 6.24. The van der Waals surface area contributed by atoms with Crippen LogP contribution in [0, 0.1) is 0 Å². The molecule has 13 nitrogen and oxygen atoms in total. The number of amidine groups is 1. The second-order valence-electron chi connectivity index (χ2n) is 25.3. The van der Waals surface area contributed by atoms with Crippen LogP contribution in [0.15, 0.2) is 309 Å². The SMILES string of the molecule is C1=C(c2ccccc2)N=C(c2cccc3oc4ccc(-c5ccc6c7ccccc7n7c8nc(-c9cccc(-c%10ccc%11c(c%10)oc%10cccc(-c%12nc(-c%13cccc%14oc%15ccccc%15c%13%14)c%13[nH]cnc%13n%12)c%10%11)c9)c(-c9ccccc9)nc8nc7c6c5)cc4c23)N=C(c2ccccc2)C1. The Bertz CT molecular complexity index is 6940. The van der Waals surface area contributed by atoms with Crippen LogP contribution in [-0.4, -0.2) is 50.8 Å². The number of rotatable bonds is 9. The molecule has 8 aromatic heterocycles. The summed E-state index contributed by atoms with van der Waals surface area (Å²) in [6, 6.07) is 93.9. The van der Waals surface area contributed by atoms with Gasteiger partial charge in [-0.3, -0.25) is 4.40 Å². The number of aromatic amines is 1. The van der Waals surface area contributed by atoms with Crippen molar-refractivity contribution < 1.29 is 13.3 Å². The van der Waals surface area contributed by atoms with Gasteiger partial charge in [0.05, 0.1) is 34.6 Å². The van der Waals surface area contributed by atoms with Crippen molar-refractivity contribution in [2.75, 3.05) is 0 Å². The molecule has 466 valence electrons. The maximum atomic E-state index is 6.78. The zero-order valence-corrected chi connectivity index (χ0v) is 53.1. The predicted octanol–water partition coefficient (Wildman–Crippen LogP) is 21.6. The molecule has 0 spiro atoms. The number of aromatic nitrogens is 8. The summed E-state index contributed by atoms with van der Waals surface area (Å²) in [6.07, 6.45) is 4.48. The van der Waals surface area contributed by atoms with E-state index in [1.54, 1.807) is 6.33 Å². The van der Waals surface area contributed by atoms with Crippen molar-refractivity contribution in [3.05, 3.63) is 302 Å². The first-order valence-corrected chi connectivity index (χ1v) is 33.3. The summed E-state index contributed by atoms with van der Waals surface area (Å²) in [5, 5.41) is 8.87. The highest BCUT2D eigenvalue weighted by Gasteiger charge is 2.26. The summed E-state index contributed by atoms with van der Waals surface area (Å²) in [5.41, 5.74) is 23.3. The van der Waals surface area contributed by atoms with Crippen molar-refractivity contribution in [2.45, 2.75) is 6.42 Å². The van der Waals surface area contributed by atoms with Crippen molar-refractivity contribution in [3.8, 4) is 67.4 Å². The number of pyridine rings is 1. The summed E-state index contributed by atoms with van der Waals surface area (Å²) < 4.78 is 22.0. The maximum Gasteiger partial charge on any atom is 0.199 e. The van der Waals surface area contributed by atoms with E-state index < -0.39 is 0 Å². The fourth-order valence-corrected chi connectivity index (χ4v) is 15.0. The van der Waals surface area contributed by atoms with E-state index in [9.17, 15) is 0 Å². The van der Waals surface area contributed by atoms with Gasteiger partial charge in [0.25, 0.3) is 0 Å². The Morgan fingerprint density at radius 3 is 1.70 bits per heavy atom. The van der Waals surface area contributed by atoms with Crippen LogP contribution >= 0.6 is 0 Å². The molecule has 21 rings (SSSR count). The fourth-order valence-electron chi connectivity index (χ4n) is 15.0. The highest BCUT2D eigenvalue weighted by atomic mass is 16.3. The second kappa shape index (κ2) is 21.9. The zero-order chi connectivity index (χ0) is 65.5. The van der Waals surface area contributed by atoms with Gasteiger partial charge in [-0.25, -0.2) is 39.9 Å². The van der Waals surface area contributed by atoms with Crippen molar-refractivity contribution in [3.63, 3.8) is 0 Å². The van der Waals surface area contributed by atoms with Crippen LogP contribution in [0.2, 0.25) is 0 Å². The van der Waals surface area contributed by atoms with Gasteiger partial charge in [0.15, 0.2) is 28.6 Å². The summed E-state index contributed by atoms with van der Waals surface area (Å²) in [5.74, 6) is 1.16. The summed E-state index contributed by atoms with van der Waals surface area (Å²) in [7, 11) is 0. The molecule has 1 aliphatic heterocycles. The number of aliphatic imine (C=N–C) groups is 2. The number of imidazole rings is 2. The minimum Gasteiger partial charge on any atom is -0.456 e. The van der Waals surface area contributed by atoms with Gasteiger partial charge in [-0.2, -0.15) is 0 Å². The lowest BCUT2D eigenvalue weighted by Crippen LogP contribution is -2.05. The van der Waals surface area contributed by atoms with Crippen LogP contribution in [0.25, 0.3) is 189 Å². The summed E-state index contributed by atoms with van der Waals surface area (Å²) in [6.45, 7) is 0. The fraction of sp³-hybridized carbons (Fsp3) is 0.0115. The van der Waals surface area contributed by atoms with Crippen LogP contribution in [0.1, 0.15) is 23.1 Å². The van der Waals surface area contributed by atoms with E-state index in [1.807, 2.05) is 97.1 Å². The van der Waals surface area contributed by atoms with Gasteiger partial charge >= 0.3 is 0 Å². The Balaban J connectivity index is 0.681. The van der Waals surface area contributed by atoms with Gasteiger partial charge in [0.2, 0.25) is 0 Å². The van der Waals surface area contributed by atoms with E-state index in [-0.39, 0.29) is 0 Å². The van der Waals surface area contributed by atoms with E-state index in [1.165, 1.54) is 0 Å². The number of hydrogen-bond acceptors (Lipinski definition) is 11. The van der Waals surface area contributed by atoms with Crippen molar-refractivity contribution in [2.24, 2.45) is 9.98 Å². The third-order valence-corrected chi connectivity index (χ3v) is 19.6. The molecule has 13 heteroatoms. The molecule has 0 saturated heterocycles. The Kier molecular flexibility index (Phi) is 12.1. The number of furan rings is 3. The first-order chi connectivity index (χ1) is 49.5. The van der Waals surface area contributed by atoms with Crippen LogP contribution < -0.4 is 0 Å². The molecule has 0 saturated carbocycles. The van der Waals surface area contributed by atoms with Crippen molar-refractivity contribution in [1.82, 2.24) is 39.3 Å². The molecule has 0 bridgehead atoms. The predicted molar refractivity (Wildman–Crippen MR) is 402 cm³/mol. The Morgan fingerprint density at radius 2 is 0.900 bits per heavy atom. The molecule has 0 amide bonds. The molecule has 0 unspecified atom stereocenters. The number of benzene rings is 12. The van der Waals surface area contributed by atoms with Gasteiger partial charge in [-0.05, 0) is 105 Å². The summed E-state index contributed by atoms with van der Waals surface area (Å²) >= 11 is 0. The van der Waals surface area contributed by atoms with E-state index in [0.717, 1.165) is 188 Å². The molecule has 20 aromatic rings. The summed E-state index contributed by atoms with van der Waals surface area (Å²) in [4.78, 5) is 45.8. The number of allylic oxidation sites excluding steroid dienone is 1. The average molecular weight is 1280 g/mol. The van der Waals surface area contributed by atoms with Crippen molar-refractivity contribution in [1.29, 1.82) is 0 Å². The van der Waals surface area contributed by atoms with Crippen LogP contribution in [-0.2, 0) is 0 Å². The smallest absolute Gasteiger partial charge is 0.199 e. The lowest BCUT2D eigenvalue weighted by Gasteiger charge is -2.12. The molecular formula is C87H50N10O3. The number of H-pyrrole nitrogens is 1. The molecule has 9 heterocycles. The largest absolute Gasteiger partial charge is 0.456 e. The van der Waals surface area contributed by atoms with Gasteiger partial charge in [-0.15, -0.1) is 0 Å². The molecule has 100 heavy (non-hydrogen) atoms. The topological polar surface area (TPSA) is 162 Å². The standard InChI is InChI=1S/C87H50N10O3/c1-4-18-49(19-5-1)66-41-42-67(50-20-6-2-7-21-50)91-82(90-66)63-30-17-35-73-77(63)65-46-54(38-43-70(65)99-73)53-36-39-57-58-26-10-12-31-68(58)97-86(64(57)45-53)96-85-87(97)94-79(78(92-85)51-22-8-3-9-23-51)56-25-14-24-52(44-56)55-37-40-60-74(47-55)100-72-34-16-29-62(76(60)72)83-93-80(81-84(95-83)89-48-88-81)61-28-15-33-71-75(61)59-27-11-13-32-69(59)98-71/h1-41,43-48H,42H2,(H,88,89,93,95). The van der Waals surface area contributed by atoms with E-state index in [2.05, 4.69) is 196 Å². The highest BCUT2D eigenvalue weighted by Crippen LogP contribution is 2.44. The molecular weight excluding hydrogens is 1230 g/mol. The number of nitrogens with one attached hydrogen (secondary N) is 1. The van der Waals surface area contributed by atoms with Gasteiger partial charge in [-0.1, -0.05) is 212 Å². The molecule has 1 aliphatic rings. The van der Waals surface area contributed by atoms with Gasteiger partial charge in [0.1, 0.15) is 50.4 Å². The molecule has 0 aliphatic carbocycles. The average Bonchev–Trinajstić information content (AvgIpc) is 1.53. The Labute approximate surface area is 568 Å². The Morgan fingerprint density at radius 1 is 0.330 bits per heavy atom. The molecule has 1 N–H and O–H groups in total. The van der Waals surface area contributed by atoms with E-state index >= 15 is 0 Å². The molecule has 0 fully saturated rings. The minimum atomic E-state index is 0.535. The monoisotopic (exact) mass is 1280 g/mol. The molecule has 12 aromatic carbocycles. The third-order valence-electron chi connectivity index (χ3n) is 19.6. The van der Waals surface area contributed by atoms with E-state index in [0.29, 0.717) is 35.0 Å². The first kappa shape index (κ1) is 55.5. The maximum absolute atomic E-state index is 6.78. The zero-order valence-electron chi connectivity index (χ0n) is 53.1. The van der Waals surface area contributed by atoms with E-state index in [4.69, 9.17) is 48.2 Å². The number of hydrogen-bond donors (Lipinski definition) is 1. The van der Waals surface area contributed by atoms with Crippen molar-refractivity contribution >= 4 is 133 Å². The van der Waals surface area contributed by atoms with Crippen LogP contribution in [0.3, 0.4) is 0 Å². The normalized spacial score (nSPS) is 12.9. The molecule has 0 atom stereocenters. The van der Waals surface area contributed by atoms with Gasteiger partial charge in [0, 0.05) is 77.3 Å². The second-order valence-corrected chi connectivity index (χ2v) is 25.3. The lowest BCUT2D eigenvalue weighted by atomic mass is 9.97. The lowest BCUT2D eigenvalue weighted by molar-refractivity contribution is 0.668. The molecule has 0 radical (unpaired) electrons. The Hall–Kier alpha value is -13.8. The van der Waals surface area contributed by atoms with Gasteiger partial charge < -0.3 is 18.2 Å². The third kappa shape index (κ3) is 8.75.